The number of hydrogen-bond acceptors (Lipinski definition) is 3. The van der Waals surface area contributed by atoms with Gasteiger partial charge in [-0.2, -0.15) is 5.10 Å². The zero-order valence-electron chi connectivity index (χ0n) is 13.4. The van der Waals surface area contributed by atoms with E-state index < -0.39 is 0 Å². The zero-order valence-corrected chi connectivity index (χ0v) is 13.4. The lowest BCUT2D eigenvalue weighted by Crippen LogP contribution is -2.19. The molecule has 1 amide bonds. The van der Waals surface area contributed by atoms with Crippen LogP contribution in [0.1, 0.15) is 11.1 Å². The lowest BCUT2D eigenvalue weighted by Gasteiger charge is -2.05. The van der Waals surface area contributed by atoms with Crippen molar-refractivity contribution < 1.29 is 9.53 Å². The summed E-state index contributed by atoms with van der Waals surface area (Å²) in [6.45, 7) is 0. The Morgan fingerprint density at radius 1 is 1.08 bits per heavy atom. The van der Waals surface area contributed by atoms with Gasteiger partial charge in [0.15, 0.2) is 0 Å². The molecule has 0 aliphatic carbocycles. The summed E-state index contributed by atoms with van der Waals surface area (Å²) in [6.07, 6.45) is 1.89. The molecule has 0 aliphatic rings. The van der Waals surface area contributed by atoms with Crippen molar-refractivity contribution in [2.24, 2.45) is 5.10 Å². The summed E-state index contributed by atoms with van der Waals surface area (Å²) in [7, 11) is 1.61. The average molecular weight is 318 g/mol. The van der Waals surface area contributed by atoms with Crippen molar-refractivity contribution in [3.05, 3.63) is 77.9 Å². The molecule has 0 spiro atoms. The van der Waals surface area contributed by atoms with Crippen LogP contribution >= 0.6 is 0 Å². The largest absolute Gasteiger partial charge is 0.497 e. The van der Waals surface area contributed by atoms with Crippen LogP contribution in [0.4, 0.5) is 0 Å². The zero-order chi connectivity index (χ0) is 16.8. The van der Waals surface area contributed by atoms with Crippen LogP contribution in [0.15, 0.2) is 71.8 Å². The Morgan fingerprint density at radius 3 is 2.75 bits per heavy atom. The molecule has 0 saturated carbocycles. The van der Waals surface area contributed by atoms with Gasteiger partial charge in [-0.25, -0.2) is 5.43 Å². The molecule has 3 aromatic rings. The molecular formula is C20H18N2O2. The summed E-state index contributed by atoms with van der Waals surface area (Å²) < 4.78 is 5.15. The molecule has 24 heavy (non-hydrogen) atoms. The molecule has 3 aromatic carbocycles. The fourth-order valence-electron chi connectivity index (χ4n) is 2.56. The maximum absolute atomic E-state index is 12.1. The van der Waals surface area contributed by atoms with Crippen molar-refractivity contribution in [2.75, 3.05) is 7.11 Å². The van der Waals surface area contributed by atoms with E-state index in [1.807, 2.05) is 66.7 Å². The summed E-state index contributed by atoms with van der Waals surface area (Å²) in [5.74, 6) is 0.603. The number of carbonyl (C=O) groups excluding carboxylic acids is 1. The summed E-state index contributed by atoms with van der Waals surface area (Å²) >= 11 is 0. The van der Waals surface area contributed by atoms with E-state index in [1.165, 1.54) is 0 Å². The lowest BCUT2D eigenvalue weighted by molar-refractivity contribution is -0.120. The molecule has 0 saturated heterocycles. The third-order valence-corrected chi connectivity index (χ3v) is 3.73. The Labute approximate surface area is 140 Å². The molecule has 1 N–H and O–H groups in total. The van der Waals surface area contributed by atoms with Crippen LogP contribution in [0.3, 0.4) is 0 Å². The molecule has 0 atom stereocenters. The summed E-state index contributed by atoms with van der Waals surface area (Å²) in [5, 5.41) is 6.23. The number of nitrogens with zero attached hydrogens (tertiary/aromatic N) is 1. The fourth-order valence-corrected chi connectivity index (χ4v) is 2.56. The molecule has 4 heteroatoms. The third-order valence-electron chi connectivity index (χ3n) is 3.73. The van der Waals surface area contributed by atoms with E-state index in [2.05, 4.69) is 10.5 Å². The Bertz CT molecular complexity index is 882. The molecule has 4 nitrogen and oxygen atoms in total. The predicted molar refractivity (Wildman–Crippen MR) is 96.4 cm³/mol. The Kier molecular flexibility index (Phi) is 4.87. The second-order valence-electron chi connectivity index (χ2n) is 5.38. The van der Waals surface area contributed by atoms with Crippen LogP contribution in [0, 0.1) is 0 Å². The number of benzene rings is 3. The quantitative estimate of drug-likeness (QED) is 0.578. The highest BCUT2D eigenvalue weighted by Crippen LogP contribution is 2.18. The topological polar surface area (TPSA) is 50.7 Å². The Morgan fingerprint density at radius 2 is 1.88 bits per heavy atom. The monoisotopic (exact) mass is 318 g/mol. The van der Waals surface area contributed by atoms with Gasteiger partial charge < -0.3 is 4.74 Å². The van der Waals surface area contributed by atoms with Crippen molar-refractivity contribution in [2.45, 2.75) is 6.42 Å². The highest BCUT2D eigenvalue weighted by atomic mass is 16.5. The normalized spacial score (nSPS) is 10.9. The van der Waals surface area contributed by atoms with Gasteiger partial charge in [-0.15, -0.1) is 0 Å². The predicted octanol–water partition coefficient (Wildman–Crippen LogP) is 3.54. The van der Waals surface area contributed by atoms with E-state index in [0.29, 0.717) is 0 Å². The maximum atomic E-state index is 12.1. The standard InChI is InChI=1S/C20H18N2O2/c1-24-18-10-4-6-15(12-18)14-21-22-20(23)13-17-9-5-8-16-7-2-3-11-19(16)17/h2-12,14H,13H2,1H3,(H,22,23)/b21-14+. The third kappa shape index (κ3) is 3.79. The molecule has 0 unspecified atom stereocenters. The van der Waals surface area contributed by atoms with Gasteiger partial charge in [-0.3, -0.25) is 4.79 Å². The van der Waals surface area contributed by atoms with Gasteiger partial charge in [0.25, 0.3) is 0 Å². The Balaban J connectivity index is 1.66. The van der Waals surface area contributed by atoms with Crippen molar-refractivity contribution >= 4 is 22.9 Å². The minimum absolute atomic E-state index is 0.148. The van der Waals surface area contributed by atoms with Gasteiger partial charge in [0.05, 0.1) is 19.7 Å². The average Bonchev–Trinajstić information content (AvgIpc) is 2.62. The minimum atomic E-state index is -0.148. The second-order valence-corrected chi connectivity index (χ2v) is 5.38. The number of methoxy groups -OCH3 is 1. The molecule has 0 aromatic heterocycles. The molecule has 0 radical (unpaired) electrons. The van der Waals surface area contributed by atoms with Gasteiger partial charge >= 0.3 is 0 Å². The summed E-state index contributed by atoms with van der Waals surface area (Å²) in [6, 6.07) is 21.5. The van der Waals surface area contributed by atoms with E-state index >= 15 is 0 Å². The highest BCUT2D eigenvalue weighted by molar-refractivity contribution is 5.90. The molecular weight excluding hydrogens is 300 g/mol. The summed E-state index contributed by atoms with van der Waals surface area (Å²) in [5.41, 5.74) is 4.42. The maximum Gasteiger partial charge on any atom is 0.244 e. The van der Waals surface area contributed by atoms with Crippen LogP contribution in [-0.2, 0) is 11.2 Å². The van der Waals surface area contributed by atoms with E-state index in [0.717, 1.165) is 27.6 Å². The number of amides is 1. The van der Waals surface area contributed by atoms with Crippen LogP contribution in [-0.4, -0.2) is 19.2 Å². The van der Waals surface area contributed by atoms with E-state index in [9.17, 15) is 4.79 Å². The molecule has 120 valence electrons. The number of ether oxygens (including phenoxy) is 1. The van der Waals surface area contributed by atoms with Crippen LogP contribution in [0.25, 0.3) is 10.8 Å². The molecule has 0 heterocycles. The smallest absolute Gasteiger partial charge is 0.244 e. The lowest BCUT2D eigenvalue weighted by atomic mass is 10.0. The number of carbonyl (C=O) groups is 1. The fraction of sp³-hybridized carbons (Fsp3) is 0.100. The van der Waals surface area contributed by atoms with Crippen molar-refractivity contribution in [3.63, 3.8) is 0 Å². The SMILES string of the molecule is COc1cccc(/C=N/NC(=O)Cc2cccc3ccccc23)c1. The number of rotatable bonds is 5. The van der Waals surface area contributed by atoms with Gasteiger partial charge in [-0.05, 0) is 34.0 Å². The number of nitrogens with one attached hydrogen (secondary N) is 1. The van der Waals surface area contributed by atoms with Crippen LogP contribution in [0.5, 0.6) is 5.75 Å². The summed E-state index contributed by atoms with van der Waals surface area (Å²) in [4.78, 5) is 12.1. The Hall–Kier alpha value is -3.14. The van der Waals surface area contributed by atoms with Crippen molar-refractivity contribution in [1.29, 1.82) is 0 Å². The van der Waals surface area contributed by atoms with Crippen molar-refractivity contribution in [1.82, 2.24) is 5.43 Å². The number of fused-ring (bicyclic) bond motifs is 1. The molecule has 3 rings (SSSR count). The van der Waals surface area contributed by atoms with E-state index in [-0.39, 0.29) is 12.3 Å². The van der Waals surface area contributed by atoms with E-state index in [4.69, 9.17) is 4.74 Å². The molecule has 0 bridgehead atoms. The number of hydrazone groups is 1. The van der Waals surface area contributed by atoms with Crippen molar-refractivity contribution in [3.8, 4) is 5.75 Å². The minimum Gasteiger partial charge on any atom is -0.497 e. The van der Waals surface area contributed by atoms with Gasteiger partial charge in [0, 0.05) is 0 Å². The van der Waals surface area contributed by atoms with Gasteiger partial charge in [-0.1, -0.05) is 54.6 Å². The highest BCUT2D eigenvalue weighted by Gasteiger charge is 2.05. The van der Waals surface area contributed by atoms with E-state index in [1.54, 1.807) is 13.3 Å². The van der Waals surface area contributed by atoms with Crippen LogP contribution < -0.4 is 10.2 Å². The molecule has 0 fully saturated rings. The first-order valence-electron chi connectivity index (χ1n) is 7.69. The van der Waals surface area contributed by atoms with Gasteiger partial charge in [0.1, 0.15) is 5.75 Å². The van der Waals surface area contributed by atoms with Gasteiger partial charge in [0.2, 0.25) is 5.91 Å². The first kappa shape index (κ1) is 15.7. The first-order chi connectivity index (χ1) is 11.8. The first-order valence-corrected chi connectivity index (χ1v) is 7.69. The number of hydrogen-bond donors (Lipinski definition) is 1. The van der Waals surface area contributed by atoms with Crippen LogP contribution in [0.2, 0.25) is 0 Å². The second kappa shape index (κ2) is 7.42. The molecule has 0 aliphatic heterocycles.